The van der Waals surface area contributed by atoms with Crippen LogP contribution in [0.25, 0.3) is 0 Å². The maximum absolute atomic E-state index is 9.72. The van der Waals surface area contributed by atoms with Crippen LogP contribution in [0.15, 0.2) is 18.3 Å². The fraction of sp³-hybridized carbons (Fsp3) is 0.643. The number of aliphatic hydroxyl groups is 1. The Labute approximate surface area is 109 Å². The van der Waals surface area contributed by atoms with Gasteiger partial charge in [0.15, 0.2) is 0 Å². The highest BCUT2D eigenvalue weighted by molar-refractivity contribution is 5.45. The number of hydrogen-bond acceptors (Lipinski definition) is 4. The lowest BCUT2D eigenvalue weighted by atomic mass is 10.1. The van der Waals surface area contributed by atoms with Crippen molar-refractivity contribution in [1.82, 2.24) is 9.88 Å². The molecule has 2 rings (SSSR count). The van der Waals surface area contributed by atoms with Gasteiger partial charge in [-0.25, -0.2) is 0 Å². The van der Waals surface area contributed by atoms with Crippen molar-refractivity contribution < 1.29 is 5.11 Å². The molecule has 4 nitrogen and oxygen atoms in total. The van der Waals surface area contributed by atoms with Gasteiger partial charge in [0.2, 0.25) is 0 Å². The van der Waals surface area contributed by atoms with Crippen LogP contribution in [-0.2, 0) is 0 Å². The highest BCUT2D eigenvalue weighted by atomic mass is 16.3. The van der Waals surface area contributed by atoms with Crippen LogP contribution < -0.4 is 4.90 Å². The first-order valence-corrected chi connectivity index (χ1v) is 6.71. The van der Waals surface area contributed by atoms with Gasteiger partial charge in [-0.2, -0.15) is 0 Å². The summed E-state index contributed by atoms with van der Waals surface area (Å²) in [5.74, 6) is 0. The van der Waals surface area contributed by atoms with E-state index in [2.05, 4.69) is 34.8 Å². The number of piperazine rings is 1. The van der Waals surface area contributed by atoms with E-state index in [0.717, 1.165) is 31.0 Å². The van der Waals surface area contributed by atoms with Crippen LogP contribution in [0.1, 0.15) is 32.1 Å². The Balaban J connectivity index is 2.06. The lowest BCUT2D eigenvalue weighted by Crippen LogP contribution is -2.50. The van der Waals surface area contributed by atoms with Crippen molar-refractivity contribution in [3.8, 4) is 0 Å². The maximum Gasteiger partial charge on any atom is 0.0957 e. The molecule has 1 aromatic heterocycles. The van der Waals surface area contributed by atoms with Crippen LogP contribution in [-0.4, -0.2) is 47.7 Å². The first-order chi connectivity index (χ1) is 8.61. The second kappa shape index (κ2) is 5.67. The summed E-state index contributed by atoms with van der Waals surface area (Å²) in [5, 5.41) is 9.72. The second-order valence-electron chi connectivity index (χ2n) is 5.14. The molecule has 0 aliphatic carbocycles. The summed E-state index contributed by atoms with van der Waals surface area (Å²) >= 11 is 0. The fourth-order valence-electron chi connectivity index (χ4n) is 2.27. The minimum atomic E-state index is -0.439. The van der Waals surface area contributed by atoms with Gasteiger partial charge in [-0.3, -0.25) is 4.98 Å². The van der Waals surface area contributed by atoms with E-state index in [4.69, 9.17) is 0 Å². The molecule has 1 aromatic rings. The number of anilines is 1. The van der Waals surface area contributed by atoms with E-state index in [1.165, 1.54) is 0 Å². The van der Waals surface area contributed by atoms with E-state index < -0.39 is 6.10 Å². The number of rotatable bonds is 3. The van der Waals surface area contributed by atoms with Gasteiger partial charge in [0.25, 0.3) is 0 Å². The SMILES string of the molecule is CC[C@H](O)c1ccc(N2CCN(C)C(C)C2)cn1. The standard InChI is InChI=1S/C14H23N3O/c1-4-14(18)13-6-5-12(9-15-13)17-8-7-16(3)11(2)10-17/h5-6,9,11,14,18H,4,7-8,10H2,1-3H3/t11?,14-/m0/s1. The zero-order chi connectivity index (χ0) is 13.1. The van der Waals surface area contributed by atoms with Crippen LogP contribution in [0.5, 0.6) is 0 Å². The lowest BCUT2D eigenvalue weighted by Gasteiger charge is -2.38. The first kappa shape index (κ1) is 13.3. The second-order valence-corrected chi connectivity index (χ2v) is 5.14. The molecular formula is C14H23N3O. The number of likely N-dealkylation sites (N-methyl/N-ethyl adjacent to an activating group) is 1. The number of pyridine rings is 1. The molecule has 18 heavy (non-hydrogen) atoms. The zero-order valence-corrected chi connectivity index (χ0v) is 11.5. The summed E-state index contributed by atoms with van der Waals surface area (Å²) < 4.78 is 0. The van der Waals surface area contributed by atoms with Crippen molar-refractivity contribution in [3.05, 3.63) is 24.0 Å². The summed E-state index contributed by atoms with van der Waals surface area (Å²) in [6.07, 6.45) is 2.15. The zero-order valence-electron chi connectivity index (χ0n) is 11.5. The maximum atomic E-state index is 9.72. The van der Waals surface area contributed by atoms with Gasteiger partial charge < -0.3 is 14.9 Å². The topological polar surface area (TPSA) is 39.6 Å². The molecule has 1 N–H and O–H groups in total. The Bertz CT molecular complexity index is 379. The molecule has 0 saturated carbocycles. The molecule has 100 valence electrons. The molecule has 0 radical (unpaired) electrons. The normalized spacial score (nSPS) is 23.1. The molecule has 0 amide bonds. The third kappa shape index (κ3) is 2.82. The van der Waals surface area contributed by atoms with Crippen LogP contribution in [0, 0.1) is 0 Å². The van der Waals surface area contributed by atoms with Gasteiger partial charge in [-0.05, 0) is 32.5 Å². The van der Waals surface area contributed by atoms with Crippen LogP contribution in [0.2, 0.25) is 0 Å². The molecule has 1 fully saturated rings. The molecule has 2 atom stereocenters. The van der Waals surface area contributed by atoms with E-state index in [-0.39, 0.29) is 0 Å². The Morgan fingerprint density at radius 2 is 2.22 bits per heavy atom. The number of aromatic nitrogens is 1. The average molecular weight is 249 g/mol. The van der Waals surface area contributed by atoms with Gasteiger partial charge in [0, 0.05) is 25.7 Å². The minimum Gasteiger partial charge on any atom is -0.387 e. The van der Waals surface area contributed by atoms with Crippen molar-refractivity contribution in [2.24, 2.45) is 0 Å². The number of aliphatic hydroxyl groups excluding tert-OH is 1. The van der Waals surface area contributed by atoms with Crippen molar-refractivity contribution in [2.45, 2.75) is 32.4 Å². The van der Waals surface area contributed by atoms with E-state index in [1.807, 2.05) is 19.2 Å². The summed E-state index contributed by atoms with van der Waals surface area (Å²) in [4.78, 5) is 9.10. The average Bonchev–Trinajstić information content (AvgIpc) is 2.41. The molecule has 0 bridgehead atoms. The third-order valence-electron chi connectivity index (χ3n) is 3.82. The monoisotopic (exact) mass is 249 g/mol. The highest BCUT2D eigenvalue weighted by Gasteiger charge is 2.21. The predicted octanol–water partition coefficient (Wildman–Crippen LogP) is 1.67. The van der Waals surface area contributed by atoms with Crippen LogP contribution in [0.4, 0.5) is 5.69 Å². The first-order valence-electron chi connectivity index (χ1n) is 6.71. The molecule has 2 heterocycles. The quantitative estimate of drug-likeness (QED) is 0.884. The Kier molecular flexibility index (Phi) is 4.19. The van der Waals surface area contributed by atoms with Crippen molar-refractivity contribution in [1.29, 1.82) is 0 Å². The summed E-state index contributed by atoms with van der Waals surface area (Å²) in [7, 11) is 2.17. The largest absolute Gasteiger partial charge is 0.387 e. The Morgan fingerprint density at radius 1 is 1.44 bits per heavy atom. The third-order valence-corrected chi connectivity index (χ3v) is 3.82. The van der Waals surface area contributed by atoms with Crippen LogP contribution >= 0.6 is 0 Å². The smallest absolute Gasteiger partial charge is 0.0957 e. The van der Waals surface area contributed by atoms with Crippen molar-refractivity contribution in [2.75, 3.05) is 31.6 Å². The minimum absolute atomic E-state index is 0.439. The molecule has 1 aliphatic heterocycles. The predicted molar refractivity (Wildman–Crippen MR) is 73.8 cm³/mol. The molecule has 0 aromatic carbocycles. The molecule has 1 unspecified atom stereocenters. The molecular weight excluding hydrogens is 226 g/mol. The lowest BCUT2D eigenvalue weighted by molar-refractivity contribution is 0.169. The highest BCUT2D eigenvalue weighted by Crippen LogP contribution is 2.20. The van der Waals surface area contributed by atoms with Gasteiger partial charge in [0.1, 0.15) is 0 Å². The summed E-state index contributed by atoms with van der Waals surface area (Å²) in [5.41, 5.74) is 1.92. The molecule has 1 saturated heterocycles. The molecule has 0 spiro atoms. The van der Waals surface area contributed by atoms with Gasteiger partial charge in [-0.1, -0.05) is 6.92 Å². The Morgan fingerprint density at radius 3 is 2.78 bits per heavy atom. The van der Waals surface area contributed by atoms with Gasteiger partial charge in [-0.15, -0.1) is 0 Å². The van der Waals surface area contributed by atoms with E-state index in [9.17, 15) is 5.11 Å². The van der Waals surface area contributed by atoms with E-state index >= 15 is 0 Å². The Hall–Kier alpha value is -1.13. The van der Waals surface area contributed by atoms with Gasteiger partial charge >= 0.3 is 0 Å². The molecule has 4 heteroatoms. The van der Waals surface area contributed by atoms with E-state index in [1.54, 1.807) is 0 Å². The van der Waals surface area contributed by atoms with Crippen molar-refractivity contribution in [3.63, 3.8) is 0 Å². The van der Waals surface area contributed by atoms with Crippen LogP contribution in [0.3, 0.4) is 0 Å². The summed E-state index contributed by atoms with van der Waals surface area (Å²) in [6, 6.07) is 4.57. The number of nitrogens with zero attached hydrogens (tertiary/aromatic N) is 3. The van der Waals surface area contributed by atoms with E-state index in [0.29, 0.717) is 12.5 Å². The molecule has 1 aliphatic rings. The number of hydrogen-bond donors (Lipinski definition) is 1. The van der Waals surface area contributed by atoms with Gasteiger partial charge in [0.05, 0.1) is 23.7 Å². The summed E-state index contributed by atoms with van der Waals surface area (Å²) in [6.45, 7) is 7.36. The van der Waals surface area contributed by atoms with Crippen molar-refractivity contribution >= 4 is 5.69 Å². The fourth-order valence-corrected chi connectivity index (χ4v) is 2.27.